The quantitative estimate of drug-likeness (QED) is 0.116. The van der Waals surface area contributed by atoms with Gasteiger partial charge in [-0.2, -0.15) is 0 Å². The average Bonchev–Trinajstić information content (AvgIpc) is 2.99. The Hall–Kier alpha value is -3.46. The SMILES string of the molecule is CCC(Sc1cccc(NC(=O)/C(=C\c2ccc(Cl)cc2Cl)NC(=O)c2ccccc2)c1)C(=O)Nc1ccc(Cl)c(Cl)c1. The number of halogens is 4. The van der Waals surface area contributed by atoms with Gasteiger partial charge in [0.15, 0.2) is 0 Å². The van der Waals surface area contributed by atoms with Crippen molar-refractivity contribution in [1.29, 1.82) is 0 Å². The number of carbonyl (C=O) groups is 3. The molecule has 4 aromatic carbocycles. The van der Waals surface area contributed by atoms with Crippen molar-refractivity contribution in [3.63, 3.8) is 0 Å². The lowest BCUT2D eigenvalue weighted by molar-refractivity contribution is -0.116. The fraction of sp³-hybridized carbons (Fsp3) is 0.0938. The lowest BCUT2D eigenvalue weighted by Gasteiger charge is -2.16. The van der Waals surface area contributed by atoms with Gasteiger partial charge in [-0.3, -0.25) is 14.4 Å². The highest BCUT2D eigenvalue weighted by molar-refractivity contribution is 8.00. The van der Waals surface area contributed by atoms with Gasteiger partial charge in [-0.15, -0.1) is 11.8 Å². The number of anilines is 2. The Labute approximate surface area is 273 Å². The molecule has 0 saturated heterocycles. The Morgan fingerprint density at radius 2 is 1.51 bits per heavy atom. The third-order valence-electron chi connectivity index (χ3n) is 6.01. The molecule has 220 valence electrons. The summed E-state index contributed by atoms with van der Waals surface area (Å²) >= 11 is 25.8. The van der Waals surface area contributed by atoms with Crippen LogP contribution < -0.4 is 16.0 Å². The number of hydrogen-bond donors (Lipinski definition) is 3. The first kappa shape index (κ1) is 32.5. The first-order valence-electron chi connectivity index (χ1n) is 13.0. The van der Waals surface area contributed by atoms with Crippen LogP contribution in [0.25, 0.3) is 6.08 Å². The van der Waals surface area contributed by atoms with E-state index in [0.29, 0.717) is 49.0 Å². The molecule has 0 fully saturated rings. The van der Waals surface area contributed by atoms with E-state index in [1.165, 1.54) is 17.8 Å². The van der Waals surface area contributed by atoms with Gasteiger partial charge in [0.05, 0.1) is 15.3 Å². The molecule has 1 unspecified atom stereocenters. The van der Waals surface area contributed by atoms with Crippen molar-refractivity contribution in [3.8, 4) is 0 Å². The fourth-order valence-electron chi connectivity index (χ4n) is 3.85. The Bertz CT molecular complexity index is 1680. The molecular formula is C32H25Cl4N3O3S. The van der Waals surface area contributed by atoms with E-state index < -0.39 is 17.1 Å². The third-order valence-corrected chi connectivity index (χ3v) is 8.67. The molecule has 3 amide bonds. The number of thioether (sulfide) groups is 1. The monoisotopic (exact) mass is 671 g/mol. The number of hydrogen-bond acceptors (Lipinski definition) is 4. The molecule has 6 nitrogen and oxygen atoms in total. The maximum Gasteiger partial charge on any atom is 0.272 e. The second kappa shape index (κ2) is 15.3. The van der Waals surface area contributed by atoms with Gasteiger partial charge in [0.25, 0.3) is 11.8 Å². The van der Waals surface area contributed by atoms with Crippen LogP contribution in [0, 0.1) is 0 Å². The summed E-state index contributed by atoms with van der Waals surface area (Å²) in [4.78, 5) is 40.2. The summed E-state index contributed by atoms with van der Waals surface area (Å²) in [7, 11) is 0. The molecule has 0 radical (unpaired) electrons. The van der Waals surface area contributed by atoms with Gasteiger partial charge in [-0.05, 0) is 78.7 Å². The number of carbonyl (C=O) groups excluding carboxylic acids is 3. The first-order valence-corrected chi connectivity index (χ1v) is 15.4. The summed E-state index contributed by atoms with van der Waals surface area (Å²) in [6.07, 6.45) is 2.03. The van der Waals surface area contributed by atoms with Gasteiger partial charge in [-0.25, -0.2) is 0 Å². The normalized spacial score (nSPS) is 11.9. The van der Waals surface area contributed by atoms with Crippen LogP contribution in [-0.2, 0) is 9.59 Å². The van der Waals surface area contributed by atoms with E-state index in [1.54, 1.807) is 84.9 Å². The van der Waals surface area contributed by atoms with E-state index in [2.05, 4.69) is 16.0 Å². The molecule has 0 spiro atoms. The van der Waals surface area contributed by atoms with E-state index in [0.717, 1.165) is 4.90 Å². The van der Waals surface area contributed by atoms with Crippen LogP contribution >= 0.6 is 58.2 Å². The van der Waals surface area contributed by atoms with E-state index in [-0.39, 0.29) is 11.6 Å². The minimum absolute atomic E-state index is 0.0245. The zero-order chi connectivity index (χ0) is 30.9. The highest BCUT2D eigenvalue weighted by atomic mass is 35.5. The molecule has 0 aliphatic rings. The van der Waals surface area contributed by atoms with E-state index >= 15 is 0 Å². The average molecular weight is 673 g/mol. The summed E-state index contributed by atoms with van der Waals surface area (Å²) in [6, 6.07) is 25.3. The predicted octanol–water partition coefficient (Wildman–Crippen LogP) is 9.22. The topological polar surface area (TPSA) is 87.3 Å². The minimum Gasteiger partial charge on any atom is -0.325 e. The van der Waals surface area contributed by atoms with E-state index in [1.807, 2.05) is 13.0 Å². The summed E-state index contributed by atoms with van der Waals surface area (Å²) in [5.41, 5.74) is 1.86. The molecule has 1 atom stereocenters. The molecule has 43 heavy (non-hydrogen) atoms. The standard InChI is InChI=1S/C32H25Cl4N3O3S/c1-2-29(32(42)38-23-13-14-25(34)27(36)18-23)43-24-10-6-9-22(17-24)37-31(41)28(15-20-11-12-21(33)16-26(20)35)39-30(40)19-7-4-3-5-8-19/h3-18,29H,2H2,1H3,(H,37,41)(H,38,42)(H,39,40)/b28-15+. The largest absolute Gasteiger partial charge is 0.325 e. The minimum atomic E-state index is -0.568. The Morgan fingerprint density at radius 1 is 0.767 bits per heavy atom. The van der Waals surface area contributed by atoms with E-state index in [9.17, 15) is 14.4 Å². The van der Waals surface area contributed by atoms with Crippen LogP contribution in [0.1, 0.15) is 29.3 Å². The van der Waals surface area contributed by atoms with Crippen LogP contribution in [-0.4, -0.2) is 23.0 Å². The summed E-state index contributed by atoms with van der Waals surface area (Å²) in [6.45, 7) is 1.91. The fourth-order valence-corrected chi connectivity index (χ4v) is 5.62. The molecule has 0 aromatic heterocycles. The smallest absolute Gasteiger partial charge is 0.272 e. The third kappa shape index (κ3) is 9.26. The number of amides is 3. The first-order chi connectivity index (χ1) is 20.6. The van der Waals surface area contributed by atoms with Crippen LogP contribution in [0.5, 0.6) is 0 Å². The zero-order valence-electron chi connectivity index (χ0n) is 22.7. The van der Waals surface area contributed by atoms with Crippen molar-refractivity contribution in [2.45, 2.75) is 23.5 Å². The molecule has 4 rings (SSSR count). The lowest BCUT2D eigenvalue weighted by atomic mass is 10.1. The van der Waals surface area contributed by atoms with E-state index in [4.69, 9.17) is 46.4 Å². The highest BCUT2D eigenvalue weighted by Crippen LogP contribution is 2.30. The van der Waals surface area contributed by atoms with Crippen molar-refractivity contribution < 1.29 is 14.4 Å². The summed E-state index contributed by atoms with van der Waals surface area (Å²) in [5.74, 6) is -1.23. The van der Waals surface area contributed by atoms with Crippen molar-refractivity contribution in [2.75, 3.05) is 10.6 Å². The highest BCUT2D eigenvalue weighted by Gasteiger charge is 2.20. The van der Waals surface area contributed by atoms with Crippen molar-refractivity contribution in [1.82, 2.24) is 5.32 Å². The van der Waals surface area contributed by atoms with Crippen LogP contribution in [0.4, 0.5) is 11.4 Å². The molecule has 0 aliphatic heterocycles. The maximum atomic E-state index is 13.5. The second-order valence-corrected chi connectivity index (χ2v) is 12.1. The number of rotatable bonds is 10. The molecule has 0 aliphatic carbocycles. The molecule has 0 heterocycles. The van der Waals surface area contributed by atoms with Gasteiger partial charge in [0.2, 0.25) is 5.91 Å². The summed E-state index contributed by atoms with van der Waals surface area (Å²) in [5, 5.41) is 9.45. The van der Waals surface area contributed by atoms with Gasteiger partial charge in [-0.1, -0.05) is 83.7 Å². The molecular weight excluding hydrogens is 648 g/mol. The van der Waals surface area contributed by atoms with Gasteiger partial charge in [0, 0.05) is 31.9 Å². The van der Waals surface area contributed by atoms with Gasteiger partial charge >= 0.3 is 0 Å². The predicted molar refractivity (Wildman–Crippen MR) is 178 cm³/mol. The molecule has 4 aromatic rings. The van der Waals surface area contributed by atoms with Crippen LogP contribution in [0.3, 0.4) is 0 Å². The molecule has 0 bridgehead atoms. The van der Waals surface area contributed by atoms with Gasteiger partial charge in [0.1, 0.15) is 5.70 Å². The molecule has 0 saturated carbocycles. The van der Waals surface area contributed by atoms with Crippen molar-refractivity contribution in [2.24, 2.45) is 0 Å². The second-order valence-electron chi connectivity index (χ2n) is 9.16. The maximum absolute atomic E-state index is 13.5. The van der Waals surface area contributed by atoms with Gasteiger partial charge < -0.3 is 16.0 Å². The van der Waals surface area contributed by atoms with Crippen molar-refractivity contribution in [3.05, 3.63) is 128 Å². The lowest BCUT2D eigenvalue weighted by Crippen LogP contribution is -2.30. The number of benzene rings is 4. The Morgan fingerprint density at radius 3 is 2.21 bits per heavy atom. The Balaban J connectivity index is 1.52. The summed E-state index contributed by atoms with van der Waals surface area (Å²) < 4.78 is 0. The zero-order valence-corrected chi connectivity index (χ0v) is 26.5. The molecule has 3 N–H and O–H groups in total. The van der Waals surface area contributed by atoms with Crippen LogP contribution in [0.15, 0.2) is 102 Å². The number of nitrogens with one attached hydrogen (secondary N) is 3. The van der Waals surface area contributed by atoms with Crippen molar-refractivity contribution >= 4 is 93.3 Å². The Kier molecular flexibility index (Phi) is 11.6. The van der Waals surface area contributed by atoms with Crippen LogP contribution in [0.2, 0.25) is 20.1 Å². The molecule has 11 heteroatoms.